The lowest BCUT2D eigenvalue weighted by Crippen LogP contribution is -2.17. The van der Waals surface area contributed by atoms with Crippen molar-refractivity contribution in [1.82, 2.24) is 0 Å². The van der Waals surface area contributed by atoms with Crippen LogP contribution in [0, 0.1) is 0 Å². The zero-order chi connectivity index (χ0) is 6.69. The summed E-state index contributed by atoms with van der Waals surface area (Å²) >= 11 is 5.41. The summed E-state index contributed by atoms with van der Waals surface area (Å²) in [7, 11) is 0. The second-order valence-corrected chi connectivity index (χ2v) is 2.01. The van der Waals surface area contributed by atoms with E-state index in [0.29, 0.717) is 0 Å². The van der Waals surface area contributed by atoms with E-state index in [2.05, 4.69) is 0 Å². The zero-order valence-corrected chi connectivity index (χ0v) is 5.55. The van der Waals surface area contributed by atoms with Crippen LogP contribution < -0.4 is 10.4 Å². The third-order valence-corrected chi connectivity index (χ3v) is 1.20. The van der Waals surface area contributed by atoms with Crippen LogP contribution in [0.3, 0.4) is 0 Å². The van der Waals surface area contributed by atoms with Gasteiger partial charge in [-0.05, 0) is 12.1 Å². The molecule has 0 aliphatic heterocycles. The number of hydrazine groups is 1. The fraction of sp³-hybridized carbons (Fsp3) is 0. The molecule has 0 aliphatic rings. The van der Waals surface area contributed by atoms with Gasteiger partial charge in [-0.2, -0.15) is 0 Å². The Bertz CT molecular complexity index is 174. The SMILES string of the molecule is NN(Cl)c1ccccc1. The van der Waals surface area contributed by atoms with Gasteiger partial charge in [0.25, 0.3) is 0 Å². The first kappa shape index (κ1) is 6.39. The summed E-state index contributed by atoms with van der Waals surface area (Å²) < 4.78 is 1.06. The fourth-order valence-electron chi connectivity index (χ4n) is 0.570. The van der Waals surface area contributed by atoms with Crippen LogP contribution in [0.4, 0.5) is 5.69 Å². The Morgan fingerprint density at radius 3 is 2.11 bits per heavy atom. The molecule has 0 atom stereocenters. The standard InChI is InChI=1S/C6H7ClN2/c7-9(8)6-4-2-1-3-5-6/h1-5H,8H2. The average molecular weight is 143 g/mol. The summed E-state index contributed by atoms with van der Waals surface area (Å²) in [4.78, 5) is 0. The molecule has 1 aromatic carbocycles. The molecule has 0 spiro atoms. The highest BCUT2D eigenvalue weighted by Gasteiger charge is 1.91. The van der Waals surface area contributed by atoms with Crippen molar-refractivity contribution in [3.8, 4) is 0 Å². The number of halogens is 1. The van der Waals surface area contributed by atoms with Crippen molar-refractivity contribution in [2.24, 2.45) is 5.84 Å². The fourth-order valence-corrected chi connectivity index (χ4v) is 0.683. The maximum absolute atomic E-state index is 5.41. The molecule has 2 N–H and O–H groups in total. The molecule has 0 heterocycles. The number of nitrogens with two attached hydrogens (primary N) is 1. The highest BCUT2D eigenvalue weighted by Crippen LogP contribution is 2.09. The van der Waals surface area contributed by atoms with Gasteiger partial charge in [-0.3, -0.25) is 0 Å². The lowest BCUT2D eigenvalue weighted by Gasteiger charge is -2.05. The number of benzene rings is 1. The maximum Gasteiger partial charge on any atom is 0.0703 e. The molecule has 48 valence electrons. The number of anilines is 1. The van der Waals surface area contributed by atoms with Gasteiger partial charge in [-0.15, -0.1) is 0 Å². The Morgan fingerprint density at radius 2 is 1.78 bits per heavy atom. The van der Waals surface area contributed by atoms with Crippen molar-refractivity contribution in [3.63, 3.8) is 0 Å². The van der Waals surface area contributed by atoms with E-state index in [1.54, 1.807) is 0 Å². The first-order chi connectivity index (χ1) is 4.30. The summed E-state index contributed by atoms with van der Waals surface area (Å²) in [6.45, 7) is 0. The molecule has 0 fully saturated rings. The summed E-state index contributed by atoms with van der Waals surface area (Å²) in [5.41, 5.74) is 0.791. The third kappa shape index (κ3) is 1.59. The Balaban J connectivity index is 2.85. The second-order valence-electron chi connectivity index (χ2n) is 1.65. The lowest BCUT2D eigenvalue weighted by molar-refractivity contribution is 1.19. The topological polar surface area (TPSA) is 29.3 Å². The van der Waals surface area contributed by atoms with Crippen LogP contribution in [0.5, 0.6) is 0 Å². The average Bonchev–Trinajstić information content (AvgIpc) is 1.90. The van der Waals surface area contributed by atoms with Crippen molar-refractivity contribution in [3.05, 3.63) is 30.3 Å². The van der Waals surface area contributed by atoms with Crippen LogP contribution in [-0.2, 0) is 0 Å². The molecule has 2 nitrogen and oxygen atoms in total. The van der Waals surface area contributed by atoms with E-state index in [9.17, 15) is 0 Å². The van der Waals surface area contributed by atoms with Gasteiger partial charge in [0, 0.05) is 11.8 Å². The minimum Gasteiger partial charge on any atom is -0.232 e. The summed E-state index contributed by atoms with van der Waals surface area (Å²) in [6.07, 6.45) is 0. The first-order valence-electron chi connectivity index (χ1n) is 2.56. The normalized spacial score (nSPS) is 9.11. The van der Waals surface area contributed by atoms with Gasteiger partial charge >= 0.3 is 0 Å². The van der Waals surface area contributed by atoms with Crippen LogP contribution in [-0.4, -0.2) is 0 Å². The Labute approximate surface area is 58.9 Å². The Kier molecular flexibility index (Phi) is 1.92. The van der Waals surface area contributed by atoms with Crippen LogP contribution in [0.2, 0.25) is 0 Å². The molecule has 1 aromatic rings. The van der Waals surface area contributed by atoms with E-state index < -0.39 is 0 Å². The minimum absolute atomic E-state index is 0.791. The van der Waals surface area contributed by atoms with Crippen molar-refractivity contribution >= 4 is 17.5 Å². The molecular weight excluding hydrogens is 136 g/mol. The Morgan fingerprint density at radius 1 is 1.22 bits per heavy atom. The smallest absolute Gasteiger partial charge is 0.0703 e. The molecule has 3 heteroatoms. The monoisotopic (exact) mass is 142 g/mol. The molecule has 0 unspecified atom stereocenters. The van der Waals surface area contributed by atoms with Crippen LogP contribution in [0.15, 0.2) is 30.3 Å². The van der Waals surface area contributed by atoms with Gasteiger partial charge in [-0.25, -0.2) is 10.4 Å². The molecule has 0 radical (unpaired) electrons. The largest absolute Gasteiger partial charge is 0.232 e. The number of hydrogen-bond acceptors (Lipinski definition) is 2. The molecule has 0 bridgehead atoms. The van der Waals surface area contributed by atoms with Crippen LogP contribution in [0.1, 0.15) is 0 Å². The number of nitrogens with zero attached hydrogens (tertiary/aromatic N) is 1. The highest BCUT2D eigenvalue weighted by atomic mass is 35.5. The Hall–Kier alpha value is -0.730. The van der Waals surface area contributed by atoms with Gasteiger partial charge in [0.05, 0.1) is 5.69 Å². The van der Waals surface area contributed by atoms with Gasteiger partial charge in [0.2, 0.25) is 0 Å². The summed E-state index contributed by atoms with van der Waals surface area (Å²) in [6, 6.07) is 9.30. The molecular formula is C6H7ClN2. The molecule has 1 rings (SSSR count). The highest BCUT2D eigenvalue weighted by molar-refractivity contribution is 6.24. The van der Waals surface area contributed by atoms with Gasteiger partial charge in [0.1, 0.15) is 0 Å². The molecule has 0 aliphatic carbocycles. The molecule has 0 saturated heterocycles. The van der Waals surface area contributed by atoms with Gasteiger partial charge in [-0.1, -0.05) is 18.2 Å². The third-order valence-electron chi connectivity index (χ3n) is 1.00. The van der Waals surface area contributed by atoms with Gasteiger partial charge < -0.3 is 0 Å². The molecule has 9 heavy (non-hydrogen) atoms. The van der Waals surface area contributed by atoms with Crippen molar-refractivity contribution < 1.29 is 0 Å². The number of hydrogen-bond donors (Lipinski definition) is 1. The zero-order valence-electron chi connectivity index (χ0n) is 4.79. The van der Waals surface area contributed by atoms with E-state index >= 15 is 0 Å². The van der Waals surface area contributed by atoms with Crippen molar-refractivity contribution in [1.29, 1.82) is 0 Å². The van der Waals surface area contributed by atoms with E-state index in [-0.39, 0.29) is 0 Å². The maximum atomic E-state index is 5.41. The van der Waals surface area contributed by atoms with E-state index in [4.69, 9.17) is 17.6 Å². The van der Waals surface area contributed by atoms with E-state index in [1.807, 2.05) is 30.3 Å². The van der Waals surface area contributed by atoms with Crippen LogP contribution >= 0.6 is 11.8 Å². The van der Waals surface area contributed by atoms with Gasteiger partial charge in [0.15, 0.2) is 0 Å². The first-order valence-corrected chi connectivity index (χ1v) is 2.90. The predicted molar refractivity (Wildman–Crippen MR) is 39.0 cm³/mol. The minimum atomic E-state index is 0.791. The lowest BCUT2D eigenvalue weighted by atomic mass is 10.3. The van der Waals surface area contributed by atoms with Crippen molar-refractivity contribution in [2.75, 3.05) is 4.53 Å². The van der Waals surface area contributed by atoms with E-state index in [1.165, 1.54) is 0 Å². The molecule has 0 amide bonds. The van der Waals surface area contributed by atoms with Crippen LogP contribution in [0.25, 0.3) is 0 Å². The number of rotatable bonds is 1. The predicted octanol–water partition coefficient (Wildman–Crippen LogP) is 1.52. The molecule has 0 aromatic heterocycles. The van der Waals surface area contributed by atoms with E-state index in [0.717, 1.165) is 10.2 Å². The molecule has 0 saturated carbocycles. The van der Waals surface area contributed by atoms with Crippen molar-refractivity contribution in [2.45, 2.75) is 0 Å². The number of para-hydroxylation sites is 1. The second kappa shape index (κ2) is 2.71. The summed E-state index contributed by atoms with van der Waals surface area (Å²) in [5.74, 6) is 5.21. The summed E-state index contributed by atoms with van der Waals surface area (Å²) in [5, 5.41) is 0. The quantitative estimate of drug-likeness (QED) is 0.366.